The molecule has 5 heteroatoms. The predicted molar refractivity (Wildman–Crippen MR) is 35.5 cm³/mol. The van der Waals surface area contributed by atoms with Crippen molar-refractivity contribution in [3.8, 4) is 0 Å². The van der Waals surface area contributed by atoms with Gasteiger partial charge in [-0.1, -0.05) is 0 Å². The zero-order valence-electron chi connectivity index (χ0n) is 6.17. The molecule has 0 N–H and O–H groups in total. The molecule has 0 spiro atoms. The summed E-state index contributed by atoms with van der Waals surface area (Å²) in [6.45, 7) is 0. The highest BCUT2D eigenvalue weighted by Crippen LogP contribution is 2.04. The Hall–Kier alpha value is -1.52. The number of pyridine rings is 1. The molecule has 3 nitrogen and oxygen atoms in total. The SMILES string of the molecule is COC(=O)c1cc(F)nc(F)c1. The number of hydrogen-bond donors (Lipinski definition) is 0. The third-order valence-electron chi connectivity index (χ3n) is 1.18. The van der Waals surface area contributed by atoms with E-state index in [1.807, 2.05) is 0 Å². The molecule has 0 atom stereocenters. The van der Waals surface area contributed by atoms with Gasteiger partial charge in [0, 0.05) is 12.1 Å². The van der Waals surface area contributed by atoms with Gasteiger partial charge in [0.05, 0.1) is 12.7 Å². The Morgan fingerprint density at radius 1 is 1.42 bits per heavy atom. The van der Waals surface area contributed by atoms with Crippen molar-refractivity contribution < 1.29 is 18.3 Å². The van der Waals surface area contributed by atoms with Crippen molar-refractivity contribution in [3.05, 3.63) is 29.6 Å². The van der Waals surface area contributed by atoms with Crippen LogP contribution in [0, 0.1) is 11.9 Å². The first-order valence-corrected chi connectivity index (χ1v) is 3.05. The molecule has 0 aliphatic carbocycles. The molecule has 1 heterocycles. The summed E-state index contributed by atoms with van der Waals surface area (Å²) < 4.78 is 29.0. The number of esters is 1. The van der Waals surface area contributed by atoms with Crippen LogP contribution in [-0.2, 0) is 4.74 Å². The van der Waals surface area contributed by atoms with Gasteiger partial charge >= 0.3 is 5.97 Å². The largest absolute Gasteiger partial charge is 0.465 e. The second kappa shape index (κ2) is 3.25. The van der Waals surface area contributed by atoms with Gasteiger partial charge in [-0.15, -0.1) is 0 Å². The maximum Gasteiger partial charge on any atom is 0.338 e. The highest BCUT2D eigenvalue weighted by atomic mass is 19.1. The Morgan fingerprint density at radius 3 is 2.33 bits per heavy atom. The normalized spacial score (nSPS) is 9.58. The molecule has 0 unspecified atom stereocenters. The van der Waals surface area contributed by atoms with E-state index < -0.39 is 17.9 Å². The minimum atomic E-state index is -1.05. The second-order valence-electron chi connectivity index (χ2n) is 1.99. The van der Waals surface area contributed by atoms with Crippen LogP contribution in [-0.4, -0.2) is 18.1 Å². The molecule has 0 saturated heterocycles. The molecule has 0 amide bonds. The fourth-order valence-electron chi connectivity index (χ4n) is 0.701. The van der Waals surface area contributed by atoms with Gasteiger partial charge in [-0.3, -0.25) is 0 Å². The van der Waals surface area contributed by atoms with Crippen molar-refractivity contribution in [1.29, 1.82) is 0 Å². The lowest BCUT2D eigenvalue weighted by atomic mass is 10.3. The highest BCUT2D eigenvalue weighted by molar-refractivity contribution is 5.89. The molecule has 12 heavy (non-hydrogen) atoms. The lowest BCUT2D eigenvalue weighted by molar-refractivity contribution is 0.0599. The van der Waals surface area contributed by atoms with Crippen LogP contribution in [0.5, 0.6) is 0 Å². The van der Waals surface area contributed by atoms with Crippen molar-refractivity contribution in [2.45, 2.75) is 0 Å². The molecule has 0 bridgehead atoms. The first kappa shape index (κ1) is 8.58. The molecule has 1 aromatic rings. The fourth-order valence-corrected chi connectivity index (χ4v) is 0.701. The van der Waals surface area contributed by atoms with Gasteiger partial charge in [-0.05, 0) is 0 Å². The average Bonchev–Trinajstić information content (AvgIpc) is 2.01. The van der Waals surface area contributed by atoms with Gasteiger partial charge in [0.1, 0.15) is 0 Å². The number of rotatable bonds is 1. The van der Waals surface area contributed by atoms with E-state index in [1.54, 1.807) is 0 Å². The van der Waals surface area contributed by atoms with E-state index in [9.17, 15) is 13.6 Å². The van der Waals surface area contributed by atoms with Crippen LogP contribution < -0.4 is 0 Å². The van der Waals surface area contributed by atoms with Crippen LogP contribution >= 0.6 is 0 Å². The number of nitrogens with zero attached hydrogens (tertiary/aromatic N) is 1. The molecular weight excluding hydrogens is 168 g/mol. The van der Waals surface area contributed by atoms with E-state index in [4.69, 9.17) is 0 Å². The van der Waals surface area contributed by atoms with E-state index in [2.05, 4.69) is 9.72 Å². The molecule has 0 saturated carbocycles. The summed E-state index contributed by atoms with van der Waals surface area (Å²) in [5, 5.41) is 0. The standard InChI is InChI=1S/C7H5F2NO2/c1-12-7(11)4-2-5(8)10-6(9)3-4/h2-3H,1H3. The number of methoxy groups -OCH3 is 1. The van der Waals surface area contributed by atoms with E-state index in [1.165, 1.54) is 0 Å². The summed E-state index contributed by atoms with van der Waals surface area (Å²) in [7, 11) is 1.12. The van der Waals surface area contributed by atoms with Crippen LogP contribution in [0.25, 0.3) is 0 Å². The number of hydrogen-bond acceptors (Lipinski definition) is 3. The van der Waals surface area contributed by atoms with Crippen molar-refractivity contribution >= 4 is 5.97 Å². The molecule has 0 fully saturated rings. The van der Waals surface area contributed by atoms with E-state index >= 15 is 0 Å². The first-order chi connectivity index (χ1) is 5.63. The monoisotopic (exact) mass is 173 g/mol. The number of halogens is 2. The van der Waals surface area contributed by atoms with Gasteiger partial charge < -0.3 is 4.74 Å². The third kappa shape index (κ3) is 1.75. The fraction of sp³-hybridized carbons (Fsp3) is 0.143. The van der Waals surface area contributed by atoms with Gasteiger partial charge in [-0.25, -0.2) is 4.79 Å². The van der Waals surface area contributed by atoms with Crippen LogP contribution in [0.1, 0.15) is 10.4 Å². The molecule has 1 aromatic heterocycles. The Labute approximate surface area is 67.0 Å². The molecule has 0 radical (unpaired) electrons. The van der Waals surface area contributed by atoms with Crippen molar-refractivity contribution in [2.24, 2.45) is 0 Å². The molecule has 64 valence electrons. The molecule has 0 aliphatic rings. The van der Waals surface area contributed by atoms with Crippen molar-refractivity contribution in [3.63, 3.8) is 0 Å². The van der Waals surface area contributed by atoms with Crippen LogP contribution in [0.3, 0.4) is 0 Å². The van der Waals surface area contributed by atoms with Gasteiger partial charge in [0.25, 0.3) is 0 Å². The van der Waals surface area contributed by atoms with Gasteiger partial charge in [-0.2, -0.15) is 13.8 Å². The van der Waals surface area contributed by atoms with Crippen molar-refractivity contribution in [1.82, 2.24) is 4.98 Å². The highest BCUT2D eigenvalue weighted by Gasteiger charge is 2.09. The molecule has 0 aromatic carbocycles. The summed E-state index contributed by atoms with van der Waals surface area (Å²) >= 11 is 0. The second-order valence-corrected chi connectivity index (χ2v) is 1.99. The average molecular weight is 173 g/mol. The zero-order valence-corrected chi connectivity index (χ0v) is 6.17. The first-order valence-electron chi connectivity index (χ1n) is 3.05. The Morgan fingerprint density at radius 2 is 1.92 bits per heavy atom. The van der Waals surface area contributed by atoms with Crippen LogP contribution in [0.15, 0.2) is 12.1 Å². The van der Waals surface area contributed by atoms with Crippen molar-refractivity contribution in [2.75, 3.05) is 7.11 Å². The number of ether oxygens (including phenoxy) is 1. The number of aromatic nitrogens is 1. The molecule has 0 aliphatic heterocycles. The lowest BCUT2D eigenvalue weighted by Gasteiger charge is -1.97. The maximum absolute atomic E-state index is 12.4. The van der Waals surface area contributed by atoms with Crippen LogP contribution in [0.2, 0.25) is 0 Å². The topological polar surface area (TPSA) is 39.2 Å². The summed E-state index contributed by atoms with van der Waals surface area (Å²) in [4.78, 5) is 13.5. The number of carbonyl (C=O) groups excluding carboxylic acids is 1. The summed E-state index contributed by atoms with van der Waals surface area (Å²) in [6, 6.07) is 1.60. The maximum atomic E-state index is 12.4. The summed E-state index contributed by atoms with van der Waals surface area (Å²) in [5.74, 6) is -2.89. The smallest absolute Gasteiger partial charge is 0.338 e. The van der Waals surface area contributed by atoms with Gasteiger partial charge in [0.2, 0.25) is 11.9 Å². The Kier molecular flexibility index (Phi) is 2.32. The predicted octanol–water partition coefficient (Wildman–Crippen LogP) is 1.15. The number of carbonyl (C=O) groups is 1. The summed E-state index contributed by atoms with van der Waals surface area (Å²) in [5.41, 5.74) is -0.192. The molecular formula is C7H5F2NO2. The van der Waals surface area contributed by atoms with E-state index in [0.717, 1.165) is 19.2 Å². The van der Waals surface area contributed by atoms with E-state index in [-0.39, 0.29) is 5.56 Å². The van der Waals surface area contributed by atoms with E-state index in [0.29, 0.717) is 0 Å². The zero-order chi connectivity index (χ0) is 9.14. The minimum absolute atomic E-state index is 0.192. The lowest BCUT2D eigenvalue weighted by Crippen LogP contribution is -2.03. The Bertz CT molecular complexity index is 294. The third-order valence-corrected chi connectivity index (χ3v) is 1.18. The van der Waals surface area contributed by atoms with Gasteiger partial charge in [0.15, 0.2) is 0 Å². The minimum Gasteiger partial charge on any atom is -0.465 e. The Balaban J connectivity index is 3.08. The summed E-state index contributed by atoms with van der Waals surface area (Å²) in [6.07, 6.45) is 0. The van der Waals surface area contributed by atoms with Crippen LogP contribution in [0.4, 0.5) is 8.78 Å². The quantitative estimate of drug-likeness (QED) is 0.472. The molecule has 1 rings (SSSR count).